The fourth-order valence-corrected chi connectivity index (χ4v) is 1.76. The van der Waals surface area contributed by atoms with E-state index in [1.807, 2.05) is 6.92 Å². The first-order valence-electron chi connectivity index (χ1n) is 5.91. The lowest BCUT2D eigenvalue weighted by molar-refractivity contribution is -0.119. The lowest BCUT2D eigenvalue weighted by atomic mass is 10.1. The number of nitrogens with zero attached hydrogens (tertiary/aromatic N) is 1. The predicted molar refractivity (Wildman–Crippen MR) is 69.0 cm³/mol. The minimum Gasteiger partial charge on any atom is -0.389 e. The second-order valence-corrected chi connectivity index (χ2v) is 4.19. The van der Waals surface area contributed by atoms with Crippen molar-refractivity contribution in [2.24, 2.45) is 0 Å². The largest absolute Gasteiger partial charge is 0.389 e. The molecule has 1 atom stereocenters. The number of benzene rings is 1. The number of likely N-dealkylation sites (N-methyl/N-ethyl adjacent to an activating group) is 2. The van der Waals surface area contributed by atoms with Gasteiger partial charge in [0, 0.05) is 24.8 Å². The molecule has 0 aliphatic carbocycles. The molecule has 0 aliphatic rings. The number of rotatable bonds is 5. The number of hydrogen-bond donors (Lipinski definition) is 2. The zero-order valence-corrected chi connectivity index (χ0v) is 10.9. The van der Waals surface area contributed by atoms with Crippen LogP contribution >= 0.6 is 0 Å². The fraction of sp³-hybridized carbons (Fsp3) is 0.462. The molecular weight excluding hydrogens is 235 g/mol. The van der Waals surface area contributed by atoms with E-state index in [-0.39, 0.29) is 12.5 Å². The summed E-state index contributed by atoms with van der Waals surface area (Å²) < 4.78 is 13.1. The number of aliphatic hydroxyl groups excluding tert-OH is 1. The number of halogens is 1. The number of amides is 1. The molecule has 0 saturated carbocycles. The summed E-state index contributed by atoms with van der Waals surface area (Å²) in [5.74, 6) is -0.512. The molecule has 1 amide bonds. The van der Waals surface area contributed by atoms with E-state index in [4.69, 9.17) is 0 Å². The van der Waals surface area contributed by atoms with E-state index in [0.29, 0.717) is 17.8 Å². The first-order chi connectivity index (χ1) is 8.45. The summed E-state index contributed by atoms with van der Waals surface area (Å²) in [6.45, 7) is 4.15. The van der Waals surface area contributed by atoms with Crippen LogP contribution < -0.4 is 10.2 Å². The second-order valence-electron chi connectivity index (χ2n) is 4.19. The van der Waals surface area contributed by atoms with Crippen molar-refractivity contribution in [3.05, 3.63) is 29.6 Å². The maximum Gasteiger partial charge on any atom is 0.239 e. The Balaban J connectivity index is 2.91. The second kappa shape index (κ2) is 6.35. The van der Waals surface area contributed by atoms with E-state index in [1.54, 1.807) is 24.9 Å². The Labute approximate surface area is 106 Å². The number of hydrogen-bond acceptors (Lipinski definition) is 3. The van der Waals surface area contributed by atoms with Gasteiger partial charge in [0.25, 0.3) is 0 Å². The number of carbonyl (C=O) groups excluding carboxylic acids is 1. The standard InChI is InChI=1S/C13H19FN2O2/c1-4-15-13(18)8-16(3)12-6-5-10(14)7-11(12)9(2)17/h5-7,9,17H,4,8H2,1-3H3,(H,15,18)/t9-/m0/s1. The number of aliphatic hydroxyl groups is 1. The van der Waals surface area contributed by atoms with Crippen molar-refractivity contribution >= 4 is 11.6 Å². The minimum atomic E-state index is -0.785. The Kier molecular flexibility index (Phi) is 5.09. The normalized spacial score (nSPS) is 12.1. The molecule has 0 aliphatic heterocycles. The van der Waals surface area contributed by atoms with Crippen LogP contribution in [0, 0.1) is 5.82 Å². The van der Waals surface area contributed by atoms with Crippen molar-refractivity contribution in [3.63, 3.8) is 0 Å². The first-order valence-corrected chi connectivity index (χ1v) is 5.91. The van der Waals surface area contributed by atoms with Gasteiger partial charge in [0.15, 0.2) is 0 Å². The third kappa shape index (κ3) is 3.70. The van der Waals surface area contributed by atoms with Crippen molar-refractivity contribution in [1.29, 1.82) is 0 Å². The molecule has 0 unspecified atom stereocenters. The lowest BCUT2D eigenvalue weighted by Gasteiger charge is -2.23. The summed E-state index contributed by atoms with van der Waals surface area (Å²) in [5, 5.41) is 12.3. The molecule has 0 spiro atoms. The molecule has 5 heteroatoms. The van der Waals surface area contributed by atoms with E-state index in [1.165, 1.54) is 12.1 Å². The average molecular weight is 254 g/mol. The van der Waals surface area contributed by atoms with Crippen LogP contribution in [0.5, 0.6) is 0 Å². The van der Waals surface area contributed by atoms with Crippen LogP contribution in [0.25, 0.3) is 0 Å². The number of carbonyl (C=O) groups is 1. The van der Waals surface area contributed by atoms with E-state index >= 15 is 0 Å². The predicted octanol–water partition coefficient (Wildman–Crippen LogP) is 1.45. The van der Waals surface area contributed by atoms with Gasteiger partial charge in [-0.05, 0) is 32.0 Å². The van der Waals surface area contributed by atoms with E-state index in [0.717, 1.165) is 0 Å². The van der Waals surface area contributed by atoms with Gasteiger partial charge in [-0.25, -0.2) is 4.39 Å². The van der Waals surface area contributed by atoms with Crippen molar-refractivity contribution in [2.45, 2.75) is 20.0 Å². The van der Waals surface area contributed by atoms with Gasteiger partial charge in [-0.3, -0.25) is 4.79 Å². The van der Waals surface area contributed by atoms with Gasteiger partial charge in [0.05, 0.1) is 12.6 Å². The Bertz CT molecular complexity index is 421. The van der Waals surface area contributed by atoms with Gasteiger partial charge in [-0.15, -0.1) is 0 Å². The topological polar surface area (TPSA) is 52.6 Å². The zero-order valence-electron chi connectivity index (χ0n) is 10.9. The molecule has 1 aromatic rings. The van der Waals surface area contributed by atoms with Crippen LogP contribution in [0.3, 0.4) is 0 Å². The lowest BCUT2D eigenvalue weighted by Crippen LogP contribution is -2.35. The molecular formula is C13H19FN2O2. The van der Waals surface area contributed by atoms with Crippen molar-refractivity contribution in [2.75, 3.05) is 25.0 Å². The third-order valence-electron chi connectivity index (χ3n) is 2.61. The quantitative estimate of drug-likeness (QED) is 0.836. The average Bonchev–Trinajstić information content (AvgIpc) is 2.28. The molecule has 0 aromatic heterocycles. The smallest absolute Gasteiger partial charge is 0.239 e. The number of anilines is 1. The highest BCUT2D eigenvalue weighted by atomic mass is 19.1. The van der Waals surface area contributed by atoms with Crippen LogP contribution in [0.4, 0.5) is 10.1 Å². The van der Waals surface area contributed by atoms with E-state index in [9.17, 15) is 14.3 Å². The first kappa shape index (κ1) is 14.4. The molecule has 0 saturated heterocycles. The van der Waals surface area contributed by atoms with Crippen LogP contribution in [0.1, 0.15) is 25.5 Å². The summed E-state index contributed by atoms with van der Waals surface area (Å²) >= 11 is 0. The van der Waals surface area contributed by atoms with Gasteiger partial charge in [-0.2, -0.15) is 0 Å². The summed E-state index contributed by atoms with van der Waals surface area (Å²) in [4.78, 5) is 13.2. The Morgan fingerprint density at radius 2 is 2.22 bits per heavy atom. The van der Waals surface area contributed by atoms with Crippen LogP contribution in [-0.2, 0) is 4.79 Å². The van der Waals surface area contributed by atoms with Crippen LogP contribution in [-0.4, -0.2) is 31.2 Å². The van der Waals surface area contributed by atoms with Crippen LogP contribution in [0.2, 0.25) is 0 Å². The molecule has 2 N–H and O–H groups in total. The SMILES string of the molecule is CCNC(=O)CN(C)c1ccc(F)cc1[C@H](C)O. The molecule has 0 radical (unpaired) electrons. The summed E-state index contributed by atoms with van der Waals surface area (Å²) in [7, 11) is 1.73. The maximum atomic E-state index is 13.1. The van der Waals surface area contributed by atoms with Gasteiger partial charge in [0.2, 0.25) is 5.91 Å². The third-order valence-corrected chi connectivity index (χ3v) is 2.61. The summed E-state index contributed by atoms with van der Waals surface area (Å²) in [5.41, 5.74) is 1.12. The minimum absolute atomic E-state index is 0.110. The van der Waals surface area contributed by atoms with E-state index in [2.05, 4.69) is 5.32 Å². The Hall–Kier alpha value is -1.62. The molecule has 0 heterocycles. The molecule has 18 heavy (non-hydrogen) atoms. The van der Waals surface area contributed by atoms with E-state index < -0.39 is 11.9 Å². The van der Waals surface area contributed by atoms with Crippen molar-refractivity contribution in [1.82, 2.24) is 5.32 Å². The molecule has 0 fully saturated rings. The molecule has 1 rings (SSSR count). The summed E-state index contributed by atoms with van der Waals surface area (Å²) in [6, 6.07) is 4.17. The highest BCUT2D eigenvalue weighted by Gasteiger charge is 2.14. The van der Waals surface area contributed by atoms with Crippen LogP contribution in [0.15, 0.2) is 18.2 Å². The number of nitrogens with one attached hydrogen (secondary N) is 1. The van der Waals surface area contributed by atoms with Crippen molar-refractivity contribution < 1.29 is 14.3 Å². The molecule has 1 aromatic carbocycles. The summed E-state index contributed by atoms with van der Waals surface area (Å²) in [6.07, 6.45) is -0.785. The van der Waals surface area contributed by atoms with Gasteiger partial charge in [0.1, 0.15) is 5.82 Å². The fourth-order valence-electron chi connectivity index (χ4n) is 1.76. The van der Waals surface area contributed by atoms with Gasteiger partial charge >= 0.3 is 0 Å². The highest BCUT2D eigenvalue weighted by molar-refractivity contribution is 5.81. The Morgan fingerprint density at radius 3 is 2.78 bits per heavy atom. The Morgan fingerprint density at radius 1 is 1.56 bits per heavy atom. The zero-order chi connectivity index (χ0) is 13.7. The molecule has 100 valence electrons. The molecule has 4 nitrogen and oxygen atoms in total. The maximum absolute atomic E-state index is 13.1. The highest BCUT2D eigenvalue weighted by Crippen LogP contribution is 2.26. The monoisotopic (exact) mass is 254 g/mol. The molecule has 0 bridgehead atoms. The van der Waals surface area contributed by atoms with Gasteiger partial charge in [-0.1, -0.05) is 0 Å². The van der Waals surface area contributed by atoms with Gasteiger partial charge < -0.3 is 15.3 Å². The van der Waals surface area contributed by atoms with Crippen molar-refractivity contribution in [3.8, 4) is 0 Å².